The Balaban J connectivity index is 0. The van der Waals surface area contributed by atoms with Crippen LogP contribution in [-0.4, -0.2) is 49.9 Å². The summed E-state index contributed by atoms with van der Waals surface area (Å²) in [6.45, 7) is 9.05. The van der Waals surface area contributed by atoms with Crippen molar-refractivity contribution in [3.63, 3.8) is 0 Å². The molecule has 0 bridgehead atoms. The highest BCUT2D eigenvalue weighted by atomic mass is 16.5. The van der Waals surface area contributed by atoms with Gasteiger partial charge in [-0.25, -0.2) is 0 Å². The third-order valence-corrected chi connectivity index (χ3v) is 2.61. The predicted molar refractivity (Wildman–Crippen MR) is 74.8 cm³/mol. The van der Waals surface area contributed by atoms with Gasteiger partial charge in [0, 0.05) is 13.2 Å². The molecular formula is C14H32O4. The smallest absolute Gasteiger partial charge is 0.0701 e. The minimum atomic E-state index is 0.0894. The van der Waals surface area contributed by atoms with E-state index in [2.05, 4.69) is 13.8 Å². The average Bonchev–Trinajstić information content (AvgIpc) is 2.41. The van der Waals surface area contributed by atoms with E-state index >= 15 is 0 Å². The summed E-state index contributed by atoms with van der Waals surface area (Å²) >= 11 is 0. The molecule has 0 rings (SSSR count). The van der Waals surface area contributed by atoms with Gasteiger partial charge < -0.3 is 19.7 Å². The summed E-state index contributed by atoms with van der Waals surface area (Å²) in [4.78, 5) is 0. The summed E-state index contributed by atoms with van der Waals surface area (Å²) in [6.07, 6.45) is 4.83. The molecule has 0 amide bonds. The maximum Gasteiger partial charge on any atom is 0.0701 e. The monoisotopic (exact) mass is 264 g/mol. The number of unbranched alkanes of at least 4 members (excludes halogenated alkanes) is 1. The van der Waals surface area contributed by atoms with Crippen LogP contribution in [0, 0.1) is 5.92 Å². The molecule has 0 aromatic rings. The van der Waals surface area contributed by atoms with E-state index < -0.39 is 0 Å². The van der Waals surface area contributed by atoms with E-state index in [0.29, 0.717) is 32.3 Å². The quantitative estimate of drug-likeness (QED) is 0.562. The van der Waals surface area contributed by atoms with Crippen molar-refractivity contribution >= 4 is 0 Å². The molecule has 0 aliphatic heterocycles. The molecule has 18 heavy (non-hydrogen) atoms. The van der Waals surface area contributed by atoms with E-state index in [4.69, 9.17) is 19.7 Å². The zero-order valence-corrected chi connectivity index (χ0v) is 12.4. The number of aliphatic hydroxyl groups is 2. The summed E-state index contributed by atoms with van der Waals surface area (Å²) < 4.78 is 9.88. The second-order valence-corrected chi connectivity index (χ2v) is 4.13. The van der Waals surface area contributed by atoms with Crippen LogP contribution in [0.2, 0.25) is 0 Å². The van der Waals surface area contributed by atoms with Gasteiger partial charge in [0.2, 0.25) is 0 Å². The van der Waals surface area contributed by atoms with E-state index in [1.807, 2.05) is 6.92 Å². The fraction of sp³-hybridized carbons (Fsp3) is 1.00. The largest absolute Gasteiger partial charge is 0.396 e. The van der Waals surface area contributed by atoms with Crippen LogP contribution < -0.4 is 0 Å². The second kappa shape index (κ2) is 19.2. The summed E-state index contributed by atoms with van der Waals surface area (Å²) in [5.41, 5.74) is 0. The third-order valence-electron chi connectivity index (χ3n) is 2.61. The maximum atomic E-state index is 8.75. The maximum absolute atomic E-state index is 8.75. The van der Waals surface area contributed by atoms with Gasteiger partial charge in [0.15, 0.2) is 0 Å². The van der Waals surface area contributed by atoms with Gasteiger partial charge in [0.05, 0.1) is 26.4 Å². The van der Waals surface area contributed by atoms with Gasteiger partial charge in [-0.1, -0.05) is 33.1 Å². The molecule has 0 spiro atoms. The van der Waals surface area contributed by atoms with Crippen LogP contribution >= 0.6 is 0 Å². The highest BCUT2D eigenvalue weighted by molar-refractivity contribution is 4.53. The number of hydrogen-bond acceptors (Lipinski definition) is 4. The molecule has 0 saturated heterocycles. The summed E-state index contributed by atoms with van der Waals surface area (Å²) in [5, 5.41) is 17.0. The van der Waals surface area contributed by atoms with Gasteiger partial charge in [0.25, 0.3) is 0 Å². The normalized spacial score (nSPS) is 11.8. The molecule has 0 saturated carbocycles. The van der Waals surface area contributed by atoms with Gasteiger partial charge >= 0.3 is 0 Å². The molecule has 2 N–H and O–H groups in total. The Bertz CT molecular complexity index is 121. The standard InChI is InChI=1S/C8H18O.C6H14O3/c1-3-5-6-8(4-2)7-9;1-2-8-5-6-9-4-3-7/h8-9H,3-7H2,1-2H3;7H,2-6H2,1H3. The van der Waals surface area contributed by atoms with Gasteiger partial charge in [0.1, 0.15) is 0 Å². The van der Waals surface area contributed by atoms with Crippen molar-refractivity contribution in [3.8, 4) is 0 Å². The van der Waals surface area contributed by atoms with Crippen LogP contribution in [0.3, 0.4) is 0 Å². The highest BCUT2D eigenvalue weighted by Gasteiger charge is 2.01. The van der Waals surface area contributed by atoms with Crippen LogP contribution in [0.5, 0.6) is 0 Å². The second-order valence-electron chi connectivity index (χ2n) is 4.13. The Morgan fingerprint density at radius 3 is 2.06 bits per heavy atom. The zero-order valence-electron chi connectivity index (χ0n) is 12.4. The van der Waals surface area contributed by atoms with Crippen molar-refractivity contribution in [2.45, 2.75) is 46.5 Å². The van der Waals surface area contributed by atoms with Crippen LogP contribution in [0.1, 0.15) is 46.5 Å². The minimum Gasteiger partial charge on any atom is -0.396 e. The first kappa shape index (κ1) is 20.2. The summed E-state index contributed by atoms with van der Waals surface area (Å²) in [7, 11) is 0. The SMILES string of the molecule is CCCCC(CC)CO.CCOCCOCCO. The van der Waals surface area contributed by atoms with Crippen molar-refractivity contribution in [3.05, 3.63) is 0 Å². The van der Waals surface area contributed by atoms with Crippen molar-refractivity contribution < 1.29 is 19.7 Å². The molecule has 4 nitrogen and oxygen atoms in total. The van der Waals surface area contributed by atoms with Crippen LogP contribution in [0.4, 0.5) is 0 Å². The summed E-state index contributed by atoms with van der Waals surface area (Å²) in [5.74, 6) is 0.560. The van der Waals surface area contributed by atoms with Crippen LogP contribution in [-0.2, 0) is 9.47 Å². The zero-order chi connectivity index (χ0) is 14.1. The lowest BCUT2D eigenvalue weighted by Crippen LogP contribution is -2.06. The Labute approximate surface area is 112 Å². The van der Waals surface area contributed by atoms with E-state index in [1.165, 1.54) is 19.3 Å². The lowest BCUT2D eigenvalue weighted by atomic mass is 10.0. The molecular weight excluding hydrogens is 232 g/mol. The molecule has 0 aliphatic carbocycles. The number of rotatable bonds is 11. The first-order valence-corrected chi connectivity index (χ1v) is 7.13. The number of aliphatic hydroxyl groups excluding tert-OH is 2. The van der Waals surface area contributed by atoms with Crippen molar-refractivity contribution in [1.82, 2.24) is 0 Å². The Morgan fingerprint density at radius 1 is 0.944 bits per heavy atom. The molecule has 0 radical (unpaired) electrons. The van der Waals surface area contributed by atoms with Crippen molar-refractivity contribution in [1.29, 1.82) is 0 Å². The Hall–Kier alpha value is -0.160. The number of hydrogen-bond donors (Lipinski definition) is 2. The van der Waals surface area contributed by atoms with Crippen molar-refractivity contribution in [2.24, 2.45) is 5.92 Å². The van der Waals surface area contributed by atoms with Gasteiger partial charge in [-0.05, 0) is 19.3 Å². The van der Waals surface area contributed by atoms with Crippen LogP contribution in [0.15, 0.2) is 0 Å². The molecule has 1 atom stereocenters. The first-order valence-electron chi connectivity index (χ1n) is 7.13. The lowest BCUT2D eigenvalue weighted by molar-refractivity contribution is 0.0370. The predicted octanol–water partition coefficient (Wildman–Crippen LogP) is 2.23. The topological polar surface area (TPSA) is 58.9 Å². The lowest BCUT2D eigenvalue weighted by Gasteiger charge is -2.08. The average molecular weight is 264 g/mol. The Kier molecular flexibility index (Phi) is 21.5. The van der Waals surface area contributed by atoms with E-state index in [0.717, 1.165) is 13.0 Å². The van der Waals surface area contributed by atoms with Gasteiger partial charge in [-0.3, -0.25) is 0 Å². The van der Waals surface area contributed by atoms with Crippen molar-refractivity contribution in [2.75, 3.05) is 39.6 Å². The molecule has 4 heteroatoms. The molecule has 0 heterocycles. The third kappa shape index (κ3) is 18.2. The molecule has 0 fully saturated rings. The Morgan fingerprint density at radius 2 is 1.61 bits per heavy atom. The van der Waals surface area contributed by atoms with Crippen LogP contribution in [0.25, 0.3) is 0 Å². The van der Waals surface area contributed by atoms with Gasteiger partial charge in [-0.2, -0.15) is 0 Å². The molecule has 0 aromatic heterocycles. The number of ether oxygens (including phenoxy) is 2. The van der Waals surface area contributed by atoms with E-state index in [-0.39, 0.29) is 6.61 Å². The fourth-order valence-corrected chi connectivity index (χ4v) is 1.35. The van der Waals surface area contributed by atoms with Gasteiger partial charge in [-0.15, -0.1) is 0 Å². The van der Waals surface area contributed by atoms with E-state index in [1.54, 1.807) is 0 Å². The fourth-order valence-electron chi connectivity index (χ4n) is 1.35. The molecule has 112 valence electrons. The molecule has 0 aliphatic rings. The minimum absolute atomic E-state index is 0.0894. The van der Waals surface area contributed by atoms with E-state index in [9.17, 15) is 0 Å². The highest BCUT2D eigenvalue weighted by Crippen LogP contribution is 2.10. The summed E-state index contributed by atoms with van der Waals surface area (Å²) in [6, 6.07) is 0. The molecule has 1 unspecified atom stereocenters. The first-order chi connectivity index (χ1) is 8.76. The molecule has 0 aromatic carbocycles.